The molecule has 0 aliphatic heterocycles. The number of rotatable bonds is 5. The van der Waals surface area contributed by atoms with Crippen LogP contribution in [0.25, 0.3) is 11.0 Å². The Balaban J connectivity index is 1.75. The van der Waals surface area contributed by atoms with Crippen molar-refractivity contribution in [2.24, 2.45) is 5.92 Å². The smallest absolute Gasteiger partial charge is 0.309 e. The summed E-state index contributed by atoms with van der Waals surface area (Å²) in [5.74, 6) is -0.999. The van der Waals surface area contributed by atoms with Crippen LogP contribution in [0.2, 0.25) is 10.0 Å². The number of fused-ring (bicyclic) bond motifs is 1. The van der Waals surface area contributed by atoms with E-state index >= 15 is 0 Å². The van der Waals surface area contributed by atoms with Gasteiger partial charge in [-0.2, -0.15) is 4.73 Å². The summed E-state index contributed by atoms with van der Waals surface area (Å²) in [5.41, 5.74) is 0.578. The first-order chi connectivity index (χ1) is 15.0. The molecule has 0 atom stereocenters. The van der Waals surface area contributed by atoms with Crippen LogP contribution >= 0.6 is 23.2 Å². The summed E-state index contributed by atoms with van der Waals surface area (Å²) in [4.78, 5) is 30.1. The van der Waals surface area contributed by atoms with Gasteiger partial charge in [0, 0.05) is 11.6 Å². The number of halogens is 2. The summed E-state index contributed by atoms with van der Waals surface area (Å²) in [6.07, 6.45) is 4.67. The number of carbonyl (C=O) groups excluding carboxylic acids is 2. The predicted octanol–water partition coefficient (Wildman–Crippen LogP) is 5.03. The number of aromatic nitrogens is 2. The minimum atomic E-state index is -0.514. The molecule has 1 saturated carbocycles. The van der Waals surface area contributed by atoms with Crippen molar-refractivity contribution < 1.29 is 19.1 Å². The summed E-state index contributed by atoms with van der Waals surface area (Å²) in [5, 5.41) is 13.6. The summed E-state index contributed by atoms with van der Waals surface area (Å²) in [7, 11) is 0. The maximum absolute atomic E-state index is 13.2. The van der Waals surface area contributed by atoms with Gasteiger partial charge in [0.2, 0.25) is 5.52 Å². The van der Waals surface area contributed by atoms with E-state index in [0.717, 1.165) is 32.1 Å². The molecular formula is C23H20Cl2N2O4. The highest BCUT2D eigenvalue weighted by molar-refractivity contribution is 6.42. The Morgan fingerprint density at radius 2 is 1.74 bits per heavy atom. The number of hydrogen-bond donors (Lipinski definition) is 0. The molecule has 0 amide bonds. The molecule has 0 saturated heterocycles. The van der Waals surface area contributed by atoms with Gasteiger partial charge in [-0.1, -0.05) is 72.8 Å². The fourth-order valence-corrected chi connectivity index (χ4v) is 4.18. The van der Waals surface area contributed by atoms with Crippen LogP contribution in [-0.2, 0) is 16.1 Å². The van der Waals surface area contributed by atoms with Gasteiger partial charge in [-0.05, 0) is 18.9 Å². The van der Waals surface area contributed by atoms with Gasteiger partial charge in [-0.3, -0.25) is 9.59 Å². The van der Waals surface area contributed by atoms with Crippen molar-refractivity contribution in [3.63, 3.8) is 0 Å². The first-order valence-electron chi connectivity index (χ1n) is 10.1. The van der Waals surface area contributed by atoms with Crippen molar-refractivity contribution in [1.82, 2.24) is 4.98 Å². The van der Waals surface area contributed by atoms with Gasteiger partial charge in [0.05, 0.1) is 16.0 Å². The average molecular weight is 459 g/mol. The van der Waals surface area contributed by atoms with E-state index in [4.69, 9.17) is 27.9 Å². The first kappa shape index (κ1) is 21.5. The normalized spacial score (nSPS) is 14.5. The number of ketones is 1. The number of benzene rings is 2. The molecule has 1 aliphatic rings. The lowest BCUT2D eigenvalue weighted by atomic mass is 9.89. The SMILES string of the molecule is O=C(c1ccccc1)c1c(COC(=O)C2CCCCC2)nc2cc(Cl)c(Cl)cc2[n+]1[O-]. The van der Waals surface area contributed by atoms with Crippen molar-refractivity contribution in [2.45, 2.75) is 38.7 Å². The fraction of sp³-hybridized carbons (Fsp3) is 0.304. The highest BCUT2D eigenvalue weighted by Gasteiger charge is 2.30. The molecule has 31 heavy (non-hydrogen) atoms. The molecular weight excluding hydrogens is 439 g/mol. The second kappa shape index (κ2) is 9.20. The van der Waals surface area contributed by atoms with E-state index in [2.05, 4.69) is 4.98 Å². The predicted molar refractivity (Wildman–Crippen MR) is 117 cm³/mol. The number of carbonyl (C=O) groups is 2. The zero-order chi connectivity index (χ0) is 22.0. The van der Waals surface area contributed by atoms with E-state index in [9.17, 15) is 14.8 Å². The maximum Gasteiger partial charge on any atom is 0.309 e. The van der Waals surface area contributed by atoms with E-state index in [0.29, 0.717) is 10.3 Å². The number of esters is 1. The molecule has 1 heterocycles. The van der Waals surface area contributed by atoms with Gasteiger partial charge in [-0.25, -0.2) is 4.98 Å². The molecule has 160 valence electrons. The molecule has 6 nitrogen and oxygen atoms in total. The van der Waals surface area contributed by atoms with Gasteiger partial charge >= 0.3 is 5.97 Å². The molecule has 3 aromatic rings. The van der Waals surface area contributed by atoms with Crippen LogP contribution < -0.4 is 4.73 Å². The Kier molecular flexibility index (Phi) is 6.39. The summed E-state index contributed by atoms with van der Waals surface area (Å²) < 4.78 is 5.98. The largest absolute Gasteiger partial charge is 0.618 e. The third kappa shape index (κ3) is 4.50. The molecule has 0 N–H and O–H groups in total. The zero-order valence-electron chi connectivity index (χ0n) is 16.6. The maximum atomic E-state index is 13.2. The molecule has 1 aromatic heterocycles. The Morgan fingerprint density at radius 3 is 2.45 bits per heavy atom. The van der Waals surface area contributed by atoms with E-state index in [1.54, 1.807) is 30.3 Å². The second-order valence-corrected chi connectivity index (χ2v) is 8.41. The Labute approximate surface area is 189 Å². The third-order valence-corrected chi connectivity index (χ3v) is 6.23. The van der Waals surface area contributed by atoms with Crippen molar-refractivity contribution >= 4 is 46.0 Å². The highest BCUT2D eigenvalue weighted by atomic mass is 35.5. The minimum Gasteiger partial charge on any atom is -0.618 e. The molecule has 4 rings (SSSR count). The van der Waals surface area contributed by atoms with Crippen molar-refractivity contribution in [2.75, 3.05) is 0 Å². The van der Waals surface area contributed by atoms with Crippen molar-refractivity contribution in [3.05, 3.63) is 74.7 Å². The van der Waals surface area contributed by atoms with Gasteiger partial charge in [0.1, 0.15) is 12.1 Å². The fourth-order valence-electron chi connectivity index (χ4n) is 3.86. The Hall–Kier alpha value is -2.70. The number of ether oxygens (including phenoxy) is 1. The van der Waals surface area contributed by atoms with E-state index < -0.39 is 5.78 Å². The van der Waals surface area contributed by atoms with Crippen LogP contribution in [0.1, 0.15) is 53.8 Å². The zero-order valence-corrected chi connectivity index (χ0v) is 18.2. The first-order valence-corrected chi connectivity index (χ1v) is 10.9. The van der Waals surface area contributed by atoms with Gasteiger partial charge < -0.3 is 9.94 Å². The topological polar surface area (TPSA) is 83.2 Å². The van der Waals surface area contributed by atoms with Gasteiger partial charge in [0.15, 0.2) is 5.69 Å². The summed E-state index contributed by atoms with van der Waals surface area (Å²) >= 11 is 12.2. The quantitative estimate of drug-likeness (QED) is 0.231. The molecule has 8 heteroatoms. The van der Waals surface area contributed by atoms with Gasteiger partial charge in [0.25, 0.3) is 11.5 Å². The van der Waals surface area contributed by atoms with Crippen LogP contribution in [-0.4, -0.2) is 16.7 Å². The van der Waals surface area contributed by atoms with Crippen molar-refractivity contribution in [1.29, 1.82) is 0 Å². The lowest BCUT2D eigenvalue weighted by Crippen LogP contribution is -2.38. The average Bonchev–Trinajstić information content (AvgIpc) is 2.79. The lowest BCUT2D eigenvalue weighted by Gasteiger charge is -2.20. The van der Waals surface area contributed by atoms with Crippen molar-refractivity contribution in [3.8, 4) is 0 Å². The number of hydrogen-bond acceptors (Lipinski definition) is 5. The van der Waals surface area contributed by atoms with Crippen LogP contribution in [0.15, 0.2) is 42.5 Å². The van der Waals surface area contributed by atoms with Crippen LogP contribution in [0.4, 0.5) is 0 Å². The molecule has 0 unspecified atom stereocenters. The lowest BCUT2D eigenvalue weighted by molar-refractivity contribution is -0.580. The van der Waals surface area contributed by atoms with Crippen LogP contribution in [0.3, 0.4) is 0 Å². The molecule has 0 bridgehead atoms. The third-order valence-electron chi connectivity index (χ3n) is 5.51. The van der Waals surface area contributed by atoms with E-state index in [-0.39, 0.29) is 51.0 Å². The standard InChI is InChI=1S/C23H20Cl2N2O4/c24-16-11-18-20(12-17(16)25)27(30)21(22(28)14-7-3-1-4-8-14)19(26-18)13-31-23(29)15-9-5-2-6-10-15/h1,3-4,7-8,11-12,15H,2,5-6,9-10,13H2. The van der Waals surface area contributed by atoms with E-state index in [1.165, 1.54) is 12.1 Å². The Morgan fingerprint density at radius 1 is 1.06 bits per heavy atom. The molecule has 2 aromatic carbocycles. The molecule has 1 fully saturated rings. The number of nitrogens with zero attached hydrogens (tertiary/aromatic N) is 2. The molecule has 0 radical (unpaired) electrons. The minimum absolute atomic E-state index is 0.0823. The highest BCUT2D eigenvalue weighted by Crippen LogP contribution is 2.28. The Bertz CT molecular complexity index is 1150. The van der Waals surface area contributed by atoms with Crippen LogP contribution in [0, 0.1) is 11.1 Å². The second-order valence-electron chi connectivity index (χ2n) is 7.59. The molecule has 1 aliphatic carbocycles. The van der Waals surface area contributed by atoms with E-state index in [1.807, 2.05) is 0 Å². The molecule has 0 spiro atoms. The summed E-state index contributed by atoms with van der Waals surface area (Å²) in [6, 6.07) is 11.2. The van der Waals surface area contributed by atoms with Crippen LogP contribution in [0.5, 0.6) is 0 Å². The summed E-state index contributed by atoms with van der Waals surface area (Å²) in [6.45, 7) is -0.276. The van der Waals surface area contributed by atoms with Gasteiger partial charge in [-0.15, -0.1) is 0 Å². The monoisotopic (exact) mass is 458 g/mol.